The highest BCUT2D eigenvalue weighted by molar-refractivity contribution is 8.10. The topological polar surface area (TPSA) is 15.6 Å². The Kier molecular flexibility index (Phi) is 3.22. The third-order valence-electron chi connectivity index (χ3n) is 1.71. The molecule has 2 nitrogen and oxygen atoms in total. The molecule has 1 rings (SSSR count). The molecule has 1 aliphatic heterocycles. The number of nitrogens with zero attached hydrogens (tertiary/aromatic N) is 2. The zero-order chi connectivity index (χ0) is 7.40. The third kappa shape index (κ3) is 1.99. The summed E-state index contributed by atoms with van der Waals surface area (Å²) in [6.07, 6.45) is 1.16. The highest BCUT2D eigenvalue weighted by Gasteiger charge is 2.13. The van der Waals surface area contributed by atoms with Gasteiger partial charge in [-0.2, -0.15) is 0 Å². The first kappa shape index (κ1) is 8.08. The van der Waals surface area contributed by atoms with Crippen molar-refractivity contribution in [2.24, 2.45) is 4.99 Å². The highest BCUT2D eigenvalue weighted by Crippen LogP contribution is 2.15. The van der Waals surface area contributed by atoms with E-state index in [1.54, 1.807) is 11.9 Å². The summed E-state index contributed by atoms with van der Waals surface area (Å²) in [6, 6.07) is 0.543. The van der Waals surface area contributed by atoms with E-state index in [9.17, 15) is 0 Å². The van der Waals surface area contributed by atoms with E-state index < -0.39 is 0 Å². The fraction of sp³-hybridized carbons (Fsp3) is 0.857. The van der Waals surface area contributed by atoms with Crippen molar-refractivity contribution in [1.29, 1.82) is 0 Å². The van der Waals surface area contributed by atoms with E-state index in [-0.39, 0.29) is 0 Å². The van der Waals surface area contributed by atoms with Gasteiger partial charge in [-0.05, 0) is 18.4 Å². The molecule has 0 aromatic rings. The number of hydrogen-bond donors (Lipinski definition) is 0. The Hall–Kier alpha value is -0.0200. The molecule has 1 atom stereocenters. The second-order valence-electron chi connectivity index (χ2n) is 2.40. The van der Waals surface area contributed by atoms with Gasteiger partial charge in [-0.1, -0.05) is 13.8 Å². The van der Waals surface area contributed by atoms with Crippen LogP contribution >= 0.6 is 11.9 Å². The van der Waals surface area contributed by atoms with Crippen LogP contribution in [0.4, 0.5) is 0 Å². The number of likely N-dealkylation sites (N-methyl/N-ethyl adjacent to an activating group) is 1. The molecule has 58 valence electrons. The normalized spacial score (nSPS) is 27.2. The fourth-order valence-electron chi connectivity index (χ4n) is 0.943. The van der Waals surface area contributed by atoms with E-state index >= 15 is 0 Å². The Labute approximate surface area is 66.8 Å². The zero-order valence-corrected chi connectivity index (χ0v) is 7.40. The molecule has 1 aliphatic rings. The van der Waals surface area contributed by atoms with Crippen LogP contribution < -0.4 is 0 Å². The van der Waals surface area contributed by atoms with Gasteiger partial charge in [0, 0.05) is 13.1 Å². The van der Waals surface area contributed by atoms with Crippen molar-refractivity contribution in [2.45, 2.75) is 26.3 Å². The minimum Gasteiger partial charge on any atom is -0.280 e. The van der Waals surface area contributed by atoms with E-state index in [4.69, 9.17) is 0 Å². The second-order valence-corrected chi connectivity index (χ2v) is 3.34. The van der Waals surface area contributed by atoms with E-state index in [1.807, 2.05) is 5.55 Å². The predicted octanol–water partition coefficient (Wildman–Crippen LogP) is 1.78. The maximum atomic E-state index is 4.34. The van der Waals surface area contributed by atoms with Crippen molar-refractivity contribution in [3.63, 3.8) is 0 Å². The lowest BCUT2D eigenvalue weighted by Gasteiger charge is -2.24. The van der Waals surface area contributed by atoms with Crippen molar-refractivity contribution in [1.82, 2.24) is 4.31 Å². The summed E-state index contributed by atoms with van der Waals surface area (Å²) in [4.78, 5) is 4.34. The van der Waals surface area contributed by atoms with Crippen molar-refractivity contribution < 1.29 is 0 Å². The third-order valence-corrected chi connectivity index (χ3v) is 2.63. The Bertz CT molecular complexity index is 125. The lowest BCUT2D eigenvalue weighted by molar-refractivity contribution is 0.437. The van der Waals surface area contributed by atoms with Crippen LogP contribution in [0.5, 0.6) is 0 Å². The Morgan fingerprint density at radius 3 is 3.10 bits per heavy atom. The van der Waals surface area contributed by atoms with Crippen LogP contribution in [0.15, 0.2) is 4.99 Å². The second kappa shape index (κ2) is 3.98. The van der Waals surface area contributed by atoms with Gasteiger partial charge in [-0.25, -0.2) is 4.31 Å². The molecule has 0 bridgehead atoms. The quantitative estimate of drug-likeness (QED) is 0.569. The first-order chi connectivity index (χ1) is 4.86. The minimum absolute atomic E-state index is 0.543. The molecule has 0 aliphatic carbocycles. The average molecular weight is 158 g/mol. The fourth-order valence-corrected chi connectivity index (χ4v) is 1.71. The molecule has 0 spiro atoms. The maximum Gasteiger partial charge on any atom is 0.0700 e. The standard InChI is InChI=1S/C7H14N2S/c1-3-7-5-9(4-2)10-6-8-7/h6-7H,3-5H2,1-2H3. The van der Waals surface area contributed by atoms with Gasteiger partial charge in [0.15, 0.2) is 0 Å². The van der Waals surface area contributed by atoms with E-state index in [1.165, 1.54) is 0 Å². The Morgan fingerprint density at radius 1 is 1.70 bits per heavy atom. The number of rotatable bonds is 2. The summed E-state index contributed by atoms with van der Waals surface area (Å²) in [5.41, 5.74) is 1.96. The van der Waals surface area contributed by atoms with E-state index in [0.717, 1.165) is 19.5 Å². The molecule has 0 fully saturated rings. The average Bonchev–Trinajstić information content (AvgIpc) is 2.05. The van der Waals surface area contributed by atoms with Crippen molar-refractivity contribution in [2.75, 3.05) is 13.1 Å². The minimum atomic E-state index is 0.543. The van der Waals surface area contributed by atoms with Crippen LogP contribution in [0, 0.1) is 0 Å². The van der Waals surface area contributed by atoms with Crippen LogP contribution in [0.3, 0.4) is 0 Å². The molecular formula is C7H14N2S. The molecule has 1 heterocycles. The molecule has 0 saturated heterocycles. The highest BCUT2D eigenvalue weighted by atomic mass is 32.2. The summed E-state index contributed by atoms with van der Waals surface area (Å²) in [6.45, 7) is 6.60. The smallest absolute Gasteiger partial charge is 0.0700 e. The molecule has 10 heavy (non-hydrogen) atoms. The van der Waals surface area contributed by atoms with Crippen LogP contribution in [0.1, 0.15) is 20.3 Å². The summed E-state index contributed by atoms with van der Waals surface area (Å²) in [5, 5.41) is 0. The lowest BCUT2D eigenvalue weighted by Crippen LogP contribution is -2.28. The largest absolute Gasteiger partial charge is 0.280 e. The van der Waals surface area contributed by atoms with Crippen molar-refractivity contribution in [3.8, 4) is 0 Å². The van der Waals surface area contributed by atoms with Crippen LogP contribution in [0.2, 0.25) is 0 Å². The van der Waals surface area contributed by atoms with Gasteiger partial charge in [-0.3, -0.25) is 4.99 Å². The van der Waals surface area contributed by atoms with E-state index in [2.05, 4.69) is 23.1 Å². The molecule has 0 saturated carbocycles. The number of hydrogen-bond acceptors (Lipinski definition) is 3. The van der Waals surface area contributed by atoms with Crippen molar-refractivity contribution >= 4 is 17.5 Å². The van der Waals surface area contributed by atoms with Gasteiger partial charge in [-0.15, -0.1) is 0 Å². The predicted molar refractivity (Wildman–Crippen MR) is 47.4 cm³/mol. The first-order valence-corrected chi connectivity index (χ1v) is 4.63. The van der Waals surface area contributed by atoms with E-state index in [0.29, 0.717) is 6.04 Å². The molecule has 0 aromatic carbocycles. The molecule has 0 N–H and O–H groups in total. The van der Waals surface area contributed by atoms with Gasteiger partial charge in [0.1, 0.15) is 0 Å². The summed E-state index contributed by atoms with van der Waals surface area (Å²) >= 11 is 1.72. The Morgan fingerprint density at radius 2 is 2.50 bits per heavy atom. The molecular weight excluding hydrogens is 144 g/mol. The Balaban J connectivity index is 2.38. The van der Waals surface area contributed by atoms with Gasteiger partial charge < -0.3 is 0 Å². The number of aliphatic imine (C=N–C) groups is 1. The SMILES string of the molecule is CCC1CN(CC)SC=N1. The summed E-state index contributed by atoms with van der Waals surface area (Å²) in [7, 11) is 0. The van der Waals surface area contributed by atoms with Crippen LogP contribution in [0.25, 0.3) is 0 Å². The molecule has 1 unspecified atom stereocenters. The summed E-state index contributed by atoms with van der Waals surface area (Å²) in [5.74, 6) is 0. The van der Waals surface area contributed by atoms with Gasteiger partial charge in [0.2, 0.25) is 0 Å². The van der Waals surface area contributed by atoms with Gasteiger partial charge in [0.05, 0.1) is 11.6 Å². The van der Waals surface area contributed by atoms with Gasteiger partial charge in [0.25, 0.3) is 0 Å². The van der Waals surface area contributed by atoms with Gasteiger partial charge >= 0.3 is 0 Å². The van der Waals surface area contributed by atoms with Crippen LogP contribution in [-0.2, 0) is 0 Å². The molecule has 0 aromatic heterocycles. The van der Waals surface area contributed by atoms with Crippen LogP contribution in [-0.4, -0.2) is 29.0 Å². The molecule has 3 heteroatoms. The molecule has 0 radical (unpaired) electrons. The maximum absolute atomic E-state index is 4.34. The zero-order valence-electron chi connectivity index (χ0n) is 6.58. The lowest BCUT2D eigenvalue weighted by atomic mass is 10.2. The first-order valence-electron chi connectivity index (χ1n) is 3.80. The monoisotopic (exact) mass is 158 g/mol. The summed E-state index contributed by atoms with van der Waals surface area (Å²) < 4.78 is 2.33. The molecule has 0 amide bonds. The van der Waals surface area contributed by atoms with Crippen molar-refractivity contribution in [3.05, 3.63) is 0 Å².